The van der Waals surface area contributed by atoms with Gasteiger partial charge in [-0.2, -0.15) is 5.10 Å². The topological polar surface area (TPSA) is 89.8 Å². The Bertz CT molecular complexity index is 1000. The molecule has 1 aliphatic carbocycles. The second-order valence-electron chi connectivity index (χ2n) is 6.89. The molecule has 0 spiro atoms. The summed E-state index contributed by atoms with van der Waals surface area (Å²) in [4.78, 5) is 8.43. The standard InChI is InChI=1S/C20H21N5O/c1-14-17-18(21)22-13-23-19(17)25(24-14)16-8-5-10-20(26,12-16)11-9-15-6-3-2-4-7-15/h2-4,6-7,13,16,26H,5,8,10,12H2,1H3,(H2,21,22,23). The van der Waals surface area contributed by atoms with Gasteiger partial charge in [0, 0.05) is 12.0 Å². The molecule has 132 valence electrons. The highest BCUT2D eigenvalue weighted by atomic mass is 16.3. The summed E-state index contributed by atoms with van der Waals surface area (Å²) in [5.41, 5.74) is 7.40. The number of anilines is 1. The van der Waals surface area contributed by atoms with Crippen LogP contribution in [-0.2, 0) is 0 Å². The highest BCUT2D eigenvalue weighted by Gasteiger charge is 2.35. The minimum absolute atomic E-state index is 0.0318. The number of aliphatic hydroxyl groups is 1. The molecule has 2 heterocycles. The third-order valence-corrected chi connectivity index (χ3v) is 4.95. The van der Waals surface area contributed by atoms with Gasteiger partial charge in [0.25, 0.3) is 0 Å². The molecule has 1 saturated carbocycles. The van der Waals surface area contributed by atoms with Crippen molar-refractivity contribution in [2.24, 2.45) is 0 Å². The fourth-order valence-electron chi connectivity index (χ4n) is 3.68. The second-order valence-corrected chi connectivity index (χ2v) is 6.89. The number of rotatable bonds is 1. The van der Waals surface area contributed by atoms with Crippen molar-refractivity contribution in [1.29, 1.82) is 0 Å². The molecule has 0 amide bonds. The molecule has 0 radical (unpaired) electrons. The van der Waals surface area contributed by atoms with Crippen LogP contribution in [0.25, 0.3) is 11.0 Å². The lowest BCUT2D eigenvalue weighted by molar-refractivity contribution is 0.0380. The van der Waals surface area contributed by atoms with Gasteiger partial charge in [0.15, 0.2) is 5.65 Å². The molecule has 0 aliphatic heterocycles. The molecule has 1 aliphatic rings. The van der Waals surface area contributed by atoms with Crippen LogP contribution in [0.1, 0.15) is 43.0 Å². The Morgan fingerprint density at radius 2 is 2.08 bits per heavy atom. The zero-order chi connectivity index (χ0) is 18.1. The average Bonchev–Trinajstić information content (AvgIpc) is 2.99. The first-order valence-corrected chi connectivity index (χ1v) is 8.82. The number of aromatic nitrogens is 4. The van der Waals surface area contributed by atoms with Crippen LogP contribution in [0.4, 0.5) is 5.82 Å². The van der Waals surface area contributed by atoms with Crippen molar-refractivity contribution in [2.75, 3.05) is 5.73 Å². The monoisotopic (exact) mass is 347 g/mol. The Morgan fingerprint density at radius 3 is 2.88 bits per heavy atom. The van der Waals surface area contributed by atoms with Gasteiger partial charge in [0.2, 0.25) is 0 Å². The number of benzene rings is 1. The zero-order valence-electron chi connectivity index (χ0n) is 14.7. The summed E-state index contributed by atoms with van der Waals surface area (Å²) in [7, 11) is 0. The number of hydrogen-bond donors (Lipinski definition) is 2. The molecular formula is C20H21N5O. The number of nitrogens with two attached hydrogens (primary N) is 1. The molecule has 3 aromatic rings. The Kier molecular flexibility index (Phi) is 4.09. The van der Waals surface area contributed by atoms with Crippen LogP contribution in [0.2, 0.25) is 0 Å². The van der Waals surface area contributed by atoms with E-state index >= 15 is 0 Å². The molecule has 2 aromatic heterocycles. The van der Waals surface area contributed by atoms with Gasteiger partial charge in [-0.25, -0.2) is 14.6 Å². The fourth-order valence-corrected chi connectivity index (χ4v) is 3.68. The largest absolute Gasteiger partial charge is 0.383 e. The van der Waals surface area contributed by atoms with E-state index in [2.05, 4.69) is 26.9 Å². The Hall–Kier alpha value is -2.91. The van der Waals surface area contributed by atoms with Crippen molar-refractivity contribution in [3.63, 3.8) is 0 Å². The van der Waals surface area contributed by atoms with Gasteiger partial charge in [0.1, 0.15) is 17.7 Å². The first kappa shape index (κ1) is 16.6. The van der Waals surface area contributed by atoms with E-state index in [0.717, 1.165) is 35.1 Å². The minimum atomic E-state index is -1.02. The van der Waals surface area contributed by atoms with Gasteiger partial charge in [-0.3, -0.25) is 0 Å². The molecule has 3 N–H and O–H groups in total. The summed E-state index contributed by atoms with van der Waals surface area (Å²) in [6.07, 6.45) is 4.45. The number of fused-ring (bicyclic) bond motifs is 1. The van der Waals surface area contributed by atoms with E-state index in [0.29, 0.717) is 18.7 Å². The maximum Gasteiger partial charge on any atom is 0.163 e. The van der Waals surface area contributed by atoms with Crippen molar-refractivity contribution >= 4 is 16.9 Å². The van der Waals surface area contributed by atoms with Crippen LogP contribution in [-0.4, -0.2) is 30.5 Å². The summed E-state index contributed by atoms with van der Waals surface area (Å²) >= 11 is 0. The molecule has 1 fully saturated rings. The van der Waals surface area contributed by atoms with E-state index in [-0.39, 0.29) is 6.04 Å². The lowest BCUT2D eigenvalue weighted by atomic mass is 9.82. The zero-order valence-corrected chi connectivity index (χ0v) is 14.7. The number of hydrogen-bond acceptors (Lipinski definition) is 5. The molecule has 0 saturated heterocycles. The second kappa shape index (κ2) is 6.43. The van der Waals surface area contributed by atoms with Crippen molar-refractivity contribution in [1.82, 2.24) is 19.7 Å². The third-order valence-electron chi connectivity index (χ3n) is 4.95. The van der Waals surface area contributed by atoms with Gasteiger partial charge >= 0.3 is 0 Å². The normalized spacial score (nSPS) is 22.8. The van der Waals surface area contributed by atoms with Gasteiger partial charge in [-0.1, -0.05) is 30.0 Å². The minimum Gasteiger partial charge on any atom is -0.383 e. The lowest BCUT2D eigenvalue weighted by Crippen LogP contribution is -2.35. The van der Waals surface area contributed by atoms with Crippen LogP contribution in [0, 0.1) is 18.8 Å². The van der Waals surface area contributed by atoms with Gasteiger partial charge in [-0.05, 0) is 38.3 Å². The first-order chi connectivity index (χ1) is 12.6. The summed E-state index contributed by atoms with van der Waals surface area (Å²) in [5, 5.41) is 16.4. The summed E-state index contributed by atoms with van der Waals surface area (Å²) in [6, 6.07) is 9.77. The maximum atomic E-state index is 11.0. The van der Waals surface area contributed by atoms with Crippen molar-refractivity contribution in [2.45, 2.75) is 44.2 Å². The highest BCUT2D eigenvalue weighted by molar-refractivity contribution is 5.87. The Morgan fingerprint density at radius 1 is 1.27 bits per heavy atom. The number of aryl methyl sites for hydroxylation is 1. The molecule has 1 aromatic carbocycles. The molecular weight excluding hydrogens is 326 g/mol. The van der Waals surface area contributed by atoms with Crippen LogP contribution >= 0.6 is 0 Å². The van der Waals surface area contributed by atoms with Gasteiger partial charge in [-0.15, -0.1) is 0 Å². The molecule has 2 atom stereocenters. The molecule has 26 heavy (non-hydrogen) atoms. The SMILES string of the molecule is Cc1nn(C2CCCC(O)(C#Cc3ccccc3)C2)c2ncnc(N)c12. The van der Waals surface area contributed by atoms with Crippen LogP contribution in [0.3, 0.4) is 0 Å². The van der Waals surface area contributed by atoms with Gasteiger partial charge in [0.05, 0.1) is 17.1 Å². The first-order valence-electron chi connectivity index (χ1n) is 8.82. The van der Waals surface area contributed by atoms with E-state index in [1.165, 1.54) is 6.33 Å². The van der Waals surface area contributed by atoms with Crippen molar-refractivity contribution < 1.29 is 5.11 Å². The number of nitrogen functional groups attached to an aromatic ring is 1. The smallest absolute Gasteiger partial charge is 0.163 e. The number of nitrogens with zero attached hydrogens (tertiary/aromatic N) is 4. The maximum absolute atomic E-state index is 11.0. The Labute approximate surface area is 152 Å². The van der Waals surface area contributed by atoms with Crippen molar-refractivity contribution in [3.05, 3.63) is 47.9 Å². The van der Waals surface area contributed by atoms with Crippen LogP contribution in [0.15, 0.2) is 36.7 Å². The van der Waals surface area contributed by atoms with E-state index in [4.69, 9.17) is 5.73 Å². The third kappa shape index (κ3) is 3.02. The highest BCUT2D eigenvalue weighted by Crippen LogP contribution is 2.37. The van der Waals surface area contributed by atoms with Crippen molar-refractivity contribution in [3.8, 4) is 11.8 Å². The predicted molar refractivity (Wildman–Crippen MR) is 100 cm³/mol. The summed E-state index contributed by atoms with van der Waals surface area (Å²) in [5.74, 6) is 6.63. The van der Waals surface area contributed by atoms with E-state index in [1.807, 2.05) is 41.9 Å². The van der Waals surface area contributed by atoms with Crippen LogP contribution < -0.4 is 5.73 Å². The summed E-state index contributed by atoms with van der Waals surface area (Å²) in [6.45, 7) is 1.91. The van der Waals surface area contributed by atoms with Gasteiger partial charge < -0.3 is 10.8 Å². The molecule has 2 unspecified atom stereocenters. The summed E-state index contributed by atoms with van der Waals surface area (Å²) < 4.78 is 1.89. The van der Waals surface area contributed by atoms with E-state index in [1.54, 1.807) is 0 Å². The predicted octanol–water partition coefficient (Wildman–Crippen LogP) is 2.61. The molecule has 4 rings (SSSR count). The van der Waals surface area contributed by atoms with E-state index < -0.39 is 5.60 Å². The fraction of sp³-hybridized carbons (Fsp3) is 0.350. The quantitative estimate of drug-likeness (QED) is 0.661. The molecule has 6 heteroatoms. The lowest BCUT2D eigenvalue weighted by Gasteiger charge is -2.33. The Balaban J connectivity index is 1.66. The molecule has 0 bridgehead atoms. The van der Waals surface area contributed by atoms with E-state index in [9.17, 15) is 5.11 Å². The molecule has 6 nitrogen and oxygen atoms in total. The average molecular weight is 347 g/mol. The van der Waals surface area contributed by atoms with Crippen LogP contribution in [0.5, 0.6) is 0 Å².